The second-order valence-electron chi connectivity index (χ2n) is 10.4. The van der Waals surface area contributed by atoms with Crippen molar-refractivity contribution in [2.45, 2.75) is 19.8 Å². The molecule has 2 heterocycles. The molecule has 0 N–H and O–H groups in total. The molecule has 0 aliphatic carbocycles. The van der Waals surface area contributed by atoms with Gasteiger partial charge in [-0.2, -0.15) is 0 Å². The Morgan fingerprint density at radius 2 is 1.08 bits per heavy atom. The lowest BCUT2D eigenvalue weighted by Gasteiger charge is -2.28. The van der Waals surface area contributed by atoms with E-state index in [1.165, 1.54) is 75.1 Å². The molecule has 0 aliphatic heterocycles. The van der Waals surface area contributed by atoms with Crippen LogP contribution in [0.3, 0.4) is 0 Å². The molecule has 6 aromatic carbocycles. The fourth-order valence-electron chi connectivity index (χ4n) is 6.12. The molecule has 0 fully saturated rings. The lowest BCUT2D eigenvalue weighted by molar-refractivity contribution is 0.877. The Labute approximate surface area is 229 Å². The molecule has 0 unspecified atom stereocenters. The molecule has 182 valence electrons. The van der Waals surface area contributed by atoms with E-state index in [2.05, 4.69) is 127 Å². The molecule has 0 saturated heterocycles. The Bertz CT molecular complexity index is 2050. The smallest absolute Gasteiger partial charge is 0.0540 e. The van der Waals surface area contributed by atoms with Crippen LogP contribution in [0.25, 0.3) is 52.5 Å². The standard InChI is InChI=1S/C35H25NS2/c1-21(2)28-9-3-22-5-11-30-31(12-6-23-4-10-29(28)34(22)35(23)30)36(26-7-13-32-24(19-26)15-17-37-32)27-8-14-33-25(20-27)16-18-38-33/h3-21H,1-2H3. The quantitative estimate of drug-likeness (QED) is 0.207. The Morgan fingerprint density at radius 3 is 1.71 bits per heavy atom. The SMILES string of the molecule is CC(C)c1ccc2ccc3c(N(c4ccc5sccc5c4)c4ccc5sccc5c4)ccc4ccc1c2c43. The molecule has 0 atom stereocenters. The predicted molar refractivity (Wildman–Crippen MR) is 170 cm³/mol. The Balaban J connectivity index is 1.46. The maximum atomic E-state index is 2.45. The number of fused-ring (bicyclic) bond motifs is 2. The van der Waals surface area contributed by atoms with Crippen LogP contribution in [-0.4, -0.2) is 0 Å². The van der Waals surface area contributed by atoms with Gasteiger partial charge in [-0.1, -0.05) is 56.3 Å². The van der Waals surface area contributed by atoms with Crippen molar-refractivity contribution in [1.82, 2.24) is 0 Å². The molecule has 3 heteroatoms. The van der Waals surface area contributed by atoms with E-state index in [1.807, 2.05) is 0 Å². The van der Waals surface area contributed by atoms with Gasteiger partial charge in [0, 0.05) is 26.2 Å². The zero-order valence-corrected chi connectivity index (χ0v) is 22.9. The summed E-state index contributed by atoms with van der Waals surface area (Å²) in [5, 5.41) is 14.9. The van der Waals surface area contributed by atoms with E-state index in [1.54, 1.807) is 22.7 Å². The third-order valence-electron chi connectivity index (χ3n) is 7.93. The molecule has 2 aromatic heterocycles. The van der Waals surface area contributed by atoms with Crippen molar-refractivity contribution in [2.24, 2.45) is 0 Å². The highest BCUT2D eigenvalue weighted by atomic mass is 32.1. The van der Waals surface area contributed by atoms with Crippen molar-refractivity contribution in [2.75, 3.05) is 4.90 Å². The fraction of sp³-hybridized carbons (Fsp3) is 0.0857. The molecular weight excluding hydrogens is 499 g/mol. The number of benzene rings is 6. The van der Waals surface area contributed by atoms with E-state index in [-0.39, 0.29) is 0 Å². The van der Waals surface area contributed by atoms with E-state index in [9.17, 15) is 0 Å². The van der Waals surface area contributed by atoms with Crippen molar-refractivity contribution in [3.63, 3.8) is 0 Å². The van der Waals surface area contributed by atoms with E-state index in [0.29, 0.717) is 5.92 Å². The van der Waals surface area contributed by atoms with Gasteiger partial charge < -0.3 is 4.90 Å². The van der Waals surface area contributed by atoms with Crippen LogP contribution < -0.4 is 4.90 Å². The first-order valence-corrected chi connectivity index (χ1v) is 14.9. The summed E-state index contributed by atoms with van der Waals surface area (Å²) in [7, 11) is 0. The molecule has 38 heavy (non-hydrogen) atoms. The molecule has 0 radical (unpaired) electrons. The van der Waals surface area contributed by atoms with Gasteiger partial charge in [-0.3, -0.25) is 0 Å². The van der Waals surface area contributed by atoms with Crippen molar-refractivity contribution in [1.29, 1.82) is 0 Å². The third-order valence-corrected chi connectivity index (χ3v) is 9.72. The summed E-state index contributed by atoms with van der Waals surface area (Å²) in [5.74, 6) is 0.477. The summed E-state index contributed by atoms with van der Waals surface area (Å²) in [6, 6.07) is 36.7. The maximum Gasteiger partial charge on any atom is 0.0540 e. The fourth-order valence-corrected chi connectivity index (χ4v) is 7.66. The van der Waals surface area contributed by atoms with Crippen LogP contribution >= 0.6 is 22.7 Å². The summed E-state index contributed by atoms with van der Waals surface area (Å²) in [6.07, 6.45) is 0. The van der Waals surface area contributed by atoms with Crippen LogP contribution in [0.15, 0.2) is 108 Å². The van der Waals surface area contributed by atoms with Gasteiger partial charge in [0.25, 0.3) is 0 Å². The minimum atomic E-state index is 0.477. The molecule has 0 bridgehead atoms. The van der Waals surface area contributed by atoms with Gasteiger partial charge in [0.05, 0.1) is 5.69 Å². The second kappa shape index (κ2) is 8.29. The first-order valence-electron chi connectivity index (χ1n) is 13.1. The first-order chi connectivity index (χ1) is 18.7. The topological polar surface area (TPSA) is 3.24 Å². The highest BCUT2D eigenvalue weighted by Crippen LogP contribution is 2.46. The van der Waals surface area contributed by atoms with Crippen LogP contribution in [0.1, 0.15) is 25.3 Å². The largest absolute Gasteiger partial charge is 0.310 e. The van der Waals surface area contributed by atoms with Gasteiger partial charge >= 0.3 is 0 Å². The van der Waals surface area contributed by atoms with E-state index >= 15 is 0 Å². The van der Waals surface area contributed by atoms with Crippen molar-refractivity contribution in [3.05, 3.63) is 113 Å². The summed E-state index contributed by atoms with van der Waals surface area (Å²) >= 11 is 3.59. The number of anilines is 3. The van der Waals surface area contributed by atoms with E-state index in [4.69, 9.17) is 0 Å². The normalized spacial score (nSPS) is 12.2. The zero-order chi connectivity index (χ0) is 25.4. The Kier molecular flexibility index (Phi) is 4.82. The van der Waals surface area contributed by atoms with Gasteiger partial charge in [-0.05, 0) is 115 Å². The monoisotopic (exact) mass is 523 g/mol. The Morgan fingerprint density at radius 1 is 0.526 bits per heavy atom. The van der Waals surface area contributed by atoms with Crippen molar-refractivity contribution < 1.29 is 0 Å². The van der Waals surface area contributed by atoms with Crippen LogP contribution in [-0.2, 0) is 0 Å². The highest BCUT2D eigenvalue weighted by Gasteiger charge is 2.20. The van der Waals surface area contributed by atoms with Gasteiger partial charge in [0.1, 0.15) is 0 Å². The molecular formula is C35H25NS2. The van der Waals surface area contributed by atoms with Crippen LogP contribution in [0.4, 0.5) is 17.1 Å². The minimum Gasteiger partial charge on any atom is -0.310 e. The highest BCUT2D eigenvalue weighted by molar-refractivity contribution is 7.17. The summed E-state index contributed by atoms with van der Waals surface area (Å²) in [5.41, 5.74) is 5.00. The molecule has 0 spiro atoms. The van der Waals surface area contributed by atoms with Crippen molar-refractivity contribution >= 4 is 92.2 Å². The first kappa shape index (κ1) is 22.1. The Hall–Kier alpha value is -3.92. The maximum absolute atomic E-state index is 2.45. The predicted octanol–water partition coefficient (Wildman–Crippen LogP) is 11.6. The molecule has 8 aromatic rings. The summed E-state index contributed by atoms with van der Waals surface area (Å²) in [4.78, 5) is 2.45. The van der Waals surface area contributed by atoms with Gasteiger partial charge in [0.2, 0.25) is 0 Å². The number of nitrogens with zero attached hydrogens (tertiary/aromatic N) is 1. The summed E-state index contributed by atoms with van der Waals surface area (Å²) < 4.78 is 2.64. The lowest BCUT2D eigenvalue weighted by Crippen LogP contribution is -2.10. The van der Waals surface area contributed by atoms with Gasteiger partial charge in [0.15, 0.2) is 0 Å². The number of rotatable bonds is 4. The van der Waals surface area contributed by atoms with Crippen LogP contribution in [0.2, 0.25) is 0 Å². The summed E-state index contributed by atoms with van der Waals surface area (Å²) in [6.45, 7) is 4.58. The second-order valence-corrected chi connectivity index (χ2v) is 12.3. The van der Waals surface area contributed by atoms with Gasteiger partial charge in [-0.15, -0.1) is 22.7 Å². The average Bonchev–Trinajstić information content (AvgIpc) is 3.61. The molecule has 0 saturated carbocycles. The molecule has 0 amide bonds. The average molecular weight is 524 g/mol. The number of thiophene rings is 2. The molecule has 8 rings (SSSR count). The number of hydrogen-bond acceptors (Lipinski definition) is 3. The third kappa shape index (κ3) is 3.22. The molecule has 0 aliphatic rings. The van der Waals surface area contributed by atoms with Crippen LogP contribution in [0, 0.1) is 0 Å². The van der Waals surface area contributed by atoms with Crippen LogP contribution in [0.5, 0.6) is 0 Å². The van der Waals surface area contributed by atoms with Gasteiger partial charge in [-0.25, -0.2) is 0 Å². The molecule has 1 nitrogen and oxygen atoms in total. The van der Waals surface area contributed by atoms with E-state index in [0.717, 1.165) is 0 Å². The number of hydrogen-bond donors (Lipinski definition) is 0. The van der Waals surface area contributed by atoms with E-state index < -0.39 is 0 Å². The zero-order valence-electron chi connectivity index (χ0n) is 21.2. The lowest BCUT2D eigenvalue weighted by atomic mass is 9.88. The minimum absolute atomic E-state index is 0.477. The van der Waals surface area contributed by atoms with Crippen molar-refractivity contribution in [3.8, 4) is 0 Å².